The van der Waals surface area contributed by atoms with Gasteiger partial charge in [0, 0.05) is 0 Å². The molecule has 9 heavy (non-hydrogen) atoms. The monoisotopic (exact) mass is 164 g/mol. The van der Waals surface area contributed by atoms with Crippen LogP contribution in [0, 0.1) is 0 Å². The Morgan fingerprint density at radius 2 is 1.67 bits per heavy atom. The van der Waals surface area contributed by atoms with E-state index in [0.717, 1.165) is 0 Å². The molecule has 0 aromatic heterocycles. The van der Waals surface area contributed by atoms with Crippen LogP contribution in [0.4, 0.5) is 0 Å². The van der Waals surface area contributed by atoms with Gasteiger partial charge in [0.2, 0.25) is 0 Å². The van der Waals surface area contributed by atoms with E-state index in [1.54, 1.807) is 0 Å². The fourth-order valence-electron chi connectivity index (χ4n) is 0.249. The number of aliphatic hydroxyl groups excluding tert-OH is 2. The molecule has 0 bridgehead atoms. The Balaban J connectivity index is 4.24. The number of rotatable bonds is 2. The first-order valence-electron chi connectivity index (χ1n) is 2.18. The third-order valence-electron chi connectivity index (χ3n) is 0.718. The van der Waals surface area contributed by atoms with E-state index in [-0.39, 0.29) is 27.9 Å². The van der Waals surface area contributed by atoms with Gasteiger partial charge in [0.1, 0.15) is 0 Å². The second-order valence-electron chi connectivity index (χ2n) is 1.65. The summed E-state index contributed by atoms with van der Waals surface area (Å²) in [7, 11) is -4.46. The van der Waals surface area contributed by atoms with Gasteiger partial charge in [-0.3, -0.25) is 0 Å². The van der Waals surface area contributed by atoms with Gasteiger partial charge in [0.15, 0.2) is 0 Å². The molecule has 0 fully saturated rings. The third-order valence-corrected chi connectivity index (χ3v) is 2.84. The van der Waals surface area contributed by atoms with E-state index < -0.39 is 18.9 Å². The predicted molar refractivity (Wildman–Crippen MR) is 29.3 cm³/mol. The van der Waals surface area contributed by atoms with Crippen molar-refractivity contribution in [3.63, 3.8) is 0 Å². The molecule has 7 heteroatoms. The quantitative estimate of drug-likeness (QED) is 0.314. The van der Waals surface area contributed by atoms with Crippen LogP contribution in [0.25, 0.3) is 0 Å². The molecule has 0 saturated carbocycles. The van der Waals surface area contributed by atoms with Crippen molar-refractivity contribution >= 4 is 38.0 Å². The van der Waals surface area contributed by atoms with E-state index in [1.807, 2.05) is 0 Å². The Morgan fingerprint density at radius 1 is 1.33 bits per heavy atom. The van der Waals surface area contributed by atoms with Gasteiger partial charge in [-0.2, -0.15) is 0 Å². The van der Waals surface area contributed by atoms with Gasteiger partial charge >= 0.3 is 70.0 Å². The summed E-state index contributed by atoms with van der Waals surface area (Å²) in [5.41, 5.74) is -2.04. The maximum absolute atomic E-state index is 9.94. The van der Waals surface area contributed by atoms with Gasteiger partial charge in [-0.1, -0.05) is 0 Å². The van der Waals surface area contributed by atoms with Crippen molar-refractivity contribution < 1.29 is 23.2 Å². The van der Waals surface area contributed by atoms with Crippen LogP contribution < -0.4 is 0 Å². The molecule has 0 rings (SSSR count). The van der Waals surface area contributed by atoms with Crippen molar-refractivity contribution in [2.45, 2.75) is 8.79 Å². The van der Waals surface area contributed by atoms with Crippen LogP contribution in [0.2, 0.25) is 0 Å². The Labute approximate surface area is 69.9 Å². The summed E-state index contributed by atoms with van der Waals surface area (Å²) in [6.07, 6.45) is 0. The average Bonchev–Trinajstić information content (AvgIpc) is 1.62. The van der Waals surface area contributed by atoms with E-state index in [9.17, 15) is 8.42 Å². The minimum atomic E-state index is -4.46. The zero-order valence-corrected chi connectivity index (χ0v) is 7.54. The van der Waals surface area contributed by atoms with E-state index >= 15 is 0 Å². The Hall–Kier alpha value is 0.830. The molecule has 50 valence electrons. The van der Waals surface area contributed by atoms with Crippen LogP contribution in [0.1, 0.15) is 0 Å². The first-order chi connectivity index (χ1) is 3.85. The molecule has 0 aromatic carbocycles. The van der Waals surface area contributed by atoms with E-state index in [0.29, 0.717) is 0 Å². The van der Waals surface area contributed by atoms with Gasteiger partial charge in [-0.05, 0) is 0 Å². The zero-order valence-electron chi connectivity index (χ0n) is 4.72. The summed E-state index contributed by atoms with van der Waals surface area (Å²) in [4.78, 5) is 0. The van der Waals surface area contributed by atoms with Gasteiger partial charge in [0.25, 0.3) is 0 Å². The second kappa shape index (κ2) is 3.29. The standard InChI is InChI=1S/C2H5O5S.Na/c3-1-2(4)8(5,6)7;/h1-4H,(H,5,6,7);. The third kappa shape index (κ3) is 3.51. The van der Waals surface area contributed by atoms with Crippen LogP contribution in [0.15, 0.2) is 0 Å². The van der Waals surface area contributed by atoms with Crippen molar-refractivity contribution in [2.24, 2.45) is 0 Å². The summed E-state index contributed by atoms with van der Waals surface area (Å²) >= 11 is 0.1000. The number of hydrogen-bond acceptors (Lipinski definition) is 4. The molecule has 0 radical (unpaired) electrons. The molecule has 3 N–H and O–H groups in total. The topological polar surface area (TPSA) is 94.8 Å². The second-order valence-corrected chi connectivity index (χ2v) is 4.34. The van der Waals surface area contributed by atoms with Crippen molar-refractivity contribution in [3.8, 4) is 0 Å². The van der Waals surface area contributed by atoms with E-state index in [4.69, 9.17) is 14.8 Å². The van der Waals surface area contributed by atoms with Crippen LogP contribution in [0.5, 0.6) is 0 Å². The molecule has 2 unspecified atom stereocenters. The predicted octanol–water partition coefficient (Wildman–Crippen LogP) is -2.32. The molecule has 0 spiro atoms. The fraction of sp³-hybridized carbons (Fsp3) is 1.00. The van der Waals surface area contributed by atoms with Crippen LogP contribution in [-0.2, 0) is 10.1 Å². The van der Waals surface area contributed by atoms with Gasteiger partial charge in [-0.15, -0.1) is 0 Å². The first-order valence-corrected chi connectivity index (χ1v) is 4.84. The summed E-state index contributed by atoms with van der Waals surface area (Å²) in [5.74, 6) is 0. The molecule has 0 aliphatic heterocycles. The zero-order chi connectivity index (χ0) is 7.65. The Bertz CT molecular complexity index is 171. The maximum atomic E-state index is 9.94. The van der Waals surface area contributed by atoms with Gasteiger partial charge < -0.3 is 0 Å². The minimum absolute atomic E-state index is 0.1000. The van der Waals surface area contributed by atoms with Gasteiger partial charge in [-0.25, -0.2) is 0 Å². The van der Waals surface area contributed by atoms with Crippen molar-refractivity contribution in [2.75, 3.05) is 0 Å². The van der Waals surface area contributed by atoms with Crippen molar-refractivity contribution in [1.29, 1.82) is 0 Å². The first kappa shape index (κ1) is 9.83. The number of aliphatic hydroxyl groups is 2. The van der Waals surface area contributed by atoms with Crippen LogP contribution in [-0.4, -0.2) is 59.9 Å². The molecular formula is C2H5NaO5S. The van der Waals surface area contributed by atoms with E-state index in [1.165, 1.54) is 0 Å². The summed E-state index contributed by atoms with van der Waals surface area (Å²) in [6.45, 7) is 0. The fourth-order valence-corrected chi connectivity index (χ4v) is 1.78. The van der Waals surface area contributed by atoms with Gasteiger partial charge in [0.05, 0.1) is 0 Å². The Morgan fingerprint density at radius 3 is 1.67 bits per heavy atom. The molecule has 0 saturated heterocycles. The normalized spacial score (nSPS) is 19.2. The summed E-state index contributed by atoms with van der Waals surface area (Å²) in [6, 6.07) is 0. The van der Waals surface area contributed by atoms with Crippen molar-refractivity contribution in [1.82, 2.24) is 0 Å². The SMILES string of the molecule is O=S(=O)(O)C(O)[CH](O)[Na]. The molecule has 0 heterocycles. The molecule has 2 atom stereocenters. The van der Waals surface area contributed by atoms with Crippen molar-refractivity contribution in [3.05, 3.63) is 0 Å². The Kier molecular flexibility index (Phi) is 3.59. The molecule has 0 aromatic rings. The van der Waals surface area contributed by atoms with Crippen LogP contribution in [0.3, 0.4) is 0 Å². The van der Waals surface area contributed by atoms with E-state index in [2.05, 4.69) is 0 Å². The molecule has 0 aliphatic carbocycles. The molecule has 0 aliphatic rings. The van der Waals surface area contributed by atoms with Crippen LogP contribution >= 0.6 is 0 Å². The molecule has 0 amide bonds. The average molecular weight is 164 g/mol. The molecule has 5 nitrogen and oxygen atoms in total. The molecular weight excluding hydrogens is 159 g/mol. The summed E-state index contributed by atoms with van der Waals surface area (Å²) in [5, 5.41) is 16.8. The number of hydrogen-bond donors (Lipinski definition) is 3. The summed E-state index contributed by atoms with van der Waals surface area (Å²) < 4.78 is 26.6.